The Bertz CT molecular complexity index is 1080. The van der Waals surface area contributed by atoms with Gasteiger partial charge in [-0.25, -0.2) is 9.97 Å². The van der Waals surface area contributed by atoms with E-state index in [0.717, 1.165) is 53.5 Å². The molecule has 0 radical (unpaired) electrons. The lowest BCUT2D eigenvalue weighted by Gasteiger charge is -2.23. The maximum Gasteiger partial charge on any atom is 0.182 e. The van der Waals surface area contributed by atoms with Gasteiger partial charge in [-0.05, 0) is 38.0 Å². The zero-order chi connectivity index (χ0) is 22.8. The van der Waals surface area contributed by atoms with Gasteiger partial charge < -0.3 is 25.2 Å². The summed E-state index contributed by atoms with van der Waals surface area (Å²) in [5, 5.41) is 19.7. The van der Waals surface area contributed by atoms with Crippen molar-refractivity contribution < 1.29 is 5.11 Å². The third-order valence-electron chi connectivity index (χ3n) is 6.36. The molecular weight excluding hydrogens is 404 g/mol. The largest absolute Gasteiger partial charge is 0.369 e. The van der Waals surface area contributed by atoms with Crippen molar-refractivity contribution in [1.82, 2.24) is 24.7 Å². The topological polar surface area (TPSA) is 109 Å². The monoisotopic (exact) mass is 436 g/mol. The number of rotatable bonds is 8. The molecule has 9 heteroatoms. The second-order valence-corrected chi connectivity index (χ2v) is 8.13. The van der Waals surface area contributed by atoms with E-state index in [1.807, 2.05) is 41.1 Å². The second-order valence-electron chi connectivity index (χ2n) is 8.13. The van der Waals surface area contributed by atoms with Crippen LogP contribution in [0.3, 0.4) is 0 Å². The zero-order valence-corrected chi connectivity index (χ0v) is 19.2. The Kier molecular flexibility index (Phi) is 6.38. The van der Waals surface area contributed by atoms with Crippen LogP contribution in [0.5, 0.6) is 0 Å². The van der Waals surface area contributed by atoms with Gasteiger partial charge in [0.25, 0.3) is 0 Å². The minimum Gasteiger partial charge on any atom is -0.369 e. The lowest BCUT2D eigenvalue weighted by atomic mass is 10.1. The number of aliphatic hydroxyl groups excluding tert-OH is 1. The van der Waals surface area contributed by atoms with E-state index in [0.29, 0.717) is 24.9 Å². The SMILES string of the molecule is CCC(CC)n1cnnc1-c1cccc(N2Cc3c(cc(N(C)CC)nc3CN)C2O)n1. The van der Waals surface area contributed by atoms with Gasteiger partial charge in [-0.15, -0.1) is 10.2 Å². The van der Waals surface area contributed by atoms with Crippen LogP contribution in [0.1, 0.15) is 62.7 Å². The predicted molar refractivity (Wildman–Crippen MR) is 125 cm³/mol. The summed E-state index contributed by atoms with van der Waals surface area (Å²) in [6, 6.07) is 8.06. The summed E-state index contributed by atoms with van der Waals surface area (Å²) in [6.07, 6.45) is 2.93. The molecule has 0 fully saturated rings. The summed E-state index contributed by atoms with van der Waals surface area (Å²) in [4.78, 5) is 13.5. The van der Waals surface area contributed by atoms with Gasteiger partial charge in [0, 0.05) is 43.9 Å². The Balaban J connectivity index is 1.70. The van der Waals surface area contributed by atoms with E-state index >= 15 is 0 Å². The molecule has 1 aliphatic rings. The summed E-state index contributed by atoms with van der Waals surface area (Å²) in [5.74, 6) is 2.23. The molecule has 0 saturated carbocycles. The number of hydrogen-bond donors (Lipinski definition) is 2. The minimum absolute atomic E-state index is 0.319. The van der Waals surface area contributed by atoms with Crippen LogP contribution >= 0.6 is 0 Å². The second kappa shape index (κ2) is 9.22. The average Bonchev–Trinajstić information content (AvgIpc) is 3.44. The molecule has 3 aromatic heterocycles. The molecule has 0 aliphatic carbocycles. The first kappa shape index (κ1) is 22.2. The van der Waals surface area contributed by atoms with E-state index in [2.05, 4.69) is 35.5 Å². The van der Waals surface area contributed by atoms with E-state index in [-0.39, 0.29) is 0 Å². The van der Waals surface area contributed by atoms with Crippen LogP contribution < -0.4 is 15.5 Å². The molecule has 0 saturated heterocycles. The van der Waals surface area contributed by atoms with Crippen LogP contribution in [0.4, 0.5) is 11.6 Å². The molecule has 4 heterocycles. The van der Waals surface area contributed by atoms with Crippen molar-refractivity contribution >= 4 is 11.6 Å². The Morgan fingerprint density at radius 3 is 2.69 bits per heavy atom. The number of nitrogens with zero attached hydrogens (tertiary/aromatic N) is 7. The van der Waals surface area contributed by atoms with Crippen molar-refractivity contribution in [3.05, 3.63) is 47.4 Å². The van der Waals surface area contributed by atoms with Gasteiger partial charge in [0.2, 0.25) is 0 Å². The molecule has 3 aromatic rings. The number of aromatic nitrogens is 5. The number of nitrogens with two attached hydrogens (primary N) is 1. The third kappa shape index (κ3) is 3.82. The predicted octanol–water partition coefficient (Wildman–Crippen LogP) is 3.02. The van der Waals surface area contributed by atoms with Gasteiger partial charge in [0.15, 0.2) is 12.1 Å². The molecule has 0 spiro atoms. The van der Waals surface area contributed by atoms with E-state index < -0.39 is 6.23 Å². The maximum atomic E-state index is 11.2. The smallest absolute Gasteiger partial charge is 0.182 e. The van der Waals surface area contributed by atoms with Crippen molar-refractivity contribution in [2.45, 2.75) is 59.0 Å². The molecule has 1 unspecified atom stereocenters. The minimum atomic E-state index is -0.818. The van der Waals surface area contributed by atoms with Crippen molar-refractivity contribution in [1.29, 1.82) is 0 Å². The maximum absolute atomic E-state index is 11.2. The fourth-order valence-corrected chi connectivity index (χ4v) is 4.28. The molecule has 4 rings (SSSR count). The number of hydrogen-bond acceptors (Lipinski definition) is 8. The van der Waals surface area contributed by atoms with Crippen molar-refractivity contribution in [2.24, 2.45) is 5.73 Å². The van der Waals surface area contributed by atoms with Crippen LogP contribution in [0.25, 0.3) is 11.5 Å². The highest BCUT2D eigenvalue weighted by atomic mass is 16.3. The van der Waals surface area contributed by atoms with Gasteiger partial charge in [-0.3, -0.25) is 0 Å². The van der Waals surface area contributed by atoms with Gasteiger partial charge in [-0.2, -0.15) is 0 Å². The molecule has 1 atom stereocenters. The first-order valence-corrected chi connectivity index (χ1v) is 11.3. The lowest BCUT2D eigenvalue weighted by Crippen LogP contribution is -2.22. The van der Waals surface area contributed by atoms with Crippen molar-refractivity contribution in [2.75, 3.05) is 23.4 Å². The summed E-state index contributed by atoms with van der Waals surface area (Å²) in [5.41, 5.74) is 9.36. The molecule has 32 heavy (non-hydrogen) atoms. The first-order chi connectivity index (χ1) is 15.5. The van der Waals surface area contributed by atoms with Crippen LogP contribution in [0, 0.1) is 0 Å². The standard InChI is InChI=1S/C23H32N8O/c1-5-15(6-2)31-14-25-28-22(31)18-9-8-10-20(26-18)30-13-17-16(23(30)32)11-21(29(4)7-3)27-19(17)12-24/h8-11,14-15,23,32H,5-7,12-13,24H2,1-4H3. The van der Waals surface area contributed by atoms with Crippen LogP contribution in [0.15, 0.2) is 30.6 Å². The molecule has 0 bridgehead atoms. The lowest BCUT2D eigenvalue weighted by molar-refractivity contribution is 0.181. The molecule has 3 N–H and O–H groups in total. The summed E-state index contributed by atoms with van der Waals surface area (Å²) in [6.45, 7) is 8.02. The van der Waals surface area contributed by atoms with Gasteiger partial charge >= 0.3 is 0 Å². The normalized spacial score (nSPS) is 15.5. The Morgan fingerprint density at radius 1 is 1.22 bits per heavy atom. The summed E-state index contributed by atoms with van der Waals surface area (Å²) in [7, 11) is 1.98. The Labute approximate surface area is 188 Å². The number of fused-ring (bicyclic) bond motifs is 1. The quantitative estimate of drug-likeness (QED) is 0.555. The number of aliphatic hydroxyl groups is 1. The van der Waals surface area contributed by atoms with Crippen LogP contribution in [-0.4, -0.2) is 43.4 Å². The highest BCUT2D eigenvalue weighted by Gasteiger charge is 2.33. The zero-order valence-electron chi connectivity index (χ0n) is 19.2. The summed E-state index contributed by atoms with van der Waals surface area (Å²) < 4.78 is 2.09. The van der Waals surface area contributed by atoms with Gasteiger partial charge in [0.1, 0.15) is 23.7 Å². The van der Waals surface area contributed by atoms with E-state index in [9.17, 15) is 5.11 Å². The van der Waals surface area contributed by atoms with Crippen molar-refractivity contribution in [3.63, 3.8) is 0 Å². The van der Waals surface area contributed by atoms with Crippen molar-refractivity contribution in [3.8, 4) is 11.5 Å². The Morgan fingerprint density at radius 2 is 2.00 bits per heavy atom. The molecular formula is C23H32N8O. The highest BCUT2D eigenvalue weighted by molar-refractivity contribution is 5.59. The number of pyridine rings is 2. The van der Waals surface area contributed by atoms with E-state index in [1.165, 1.54) is 0 Å². The van der Waals surface area contributed by atoms with Crippen LogP contribution in [0.2, 0.25) is 0 Å². The number of anilines is 2. The Hall–Kier alpha value is -3.04. The van der Waals surface area contributed by atoms with Crippen LogP contribution in [-0.2, 0) is 13.1 Å². The van der Waals surface area contributed by atoms with E-state index in [1.54, 1.807) is 6.33 Å². The fraction of sp³-hybridized carbons (Fsp3) is 0.478. The molecule has 9 nitrogen and oxygen atoms in total. The molecule has 170 valence electrons. The first-order valence-electron chi connectivity index (χ1n) is 11.3. The van der Waals surface area contributed by atoms with Gasteiger partial charge in [-0.1, -0.05) is 19.9 Å². The average molecular weight is 437 g/mol. The molecule has 0 aromatic carbocycles. The third-order valence-corrected chi connectivity index (χ3v) is 6.36. The highest BCUT2D eigenvalue weighted by Crippen LogP contribution is 2.38. The summed E-state index contributed by atoms with van der Waals surface area (Å²) >= 11 is 0. The van der Waals surface area contributed by atoms with E-state index in [4.69, 9.17) is 15.7 Å². The molecule has 1 aliphatic heterocycles. The fourth-order valence-electron chi connectivity index (χ4n) is 4.28. The molecule has 0 amide bonds. The van der Waals surface area contributed by atoms with Gasteiger partial charge in [0.05, 0.1) is 5.69 Å².